The molecule has 1 atom stereocenters. The molecule has 3 aromatic carbocycles. The second kappa shape index (κ2) is 11.5. The van der Waals surface area contributed by atoms with E-state index in [-0.39, 0.29) is 11.3 Å². The van der Waals surface area contributed by atoms with Gasteiger partial charge in [0.15, 0.2) is 0 Å². The van der Waals surface area contributed by atoms with E-state index in [9.17, 15) is 14.7 Å². The van der Waals surface area contributed by atoms with E-state index in [1.807, 2.05) is 60.7 Å². The van der Waals surface area contributed by atoms with Crippen molar-refractivity contribution in [2.75, 3.05) is 13.2 Å². The van der Waals surface area contributed by atoms with Gasteiger partial charge in [0.25, 0.3) is 11.7 Å². The Morgan fingerprint density at radius 1 is 0.886 bits per heavy atom. The highest BCUT2D eigenvalue weighted by Crippen LogP contribution is 2.39. The van der Waals surface area contributed by atoms with Gasteiger partial charge in [-0.15, -0.1) is 0 Å². The first kappa shape index (κ1) is 24.3. The predicted molar refractivity (Wildman–Crippen MR) is 137 cm³/mol. The average molecular weight is 470 g/mol. The van der Waals surface area contributed by atoms with Crippen LogP contribution in [0.1, 0.15) is 48.9 Å². The number of likely N-dealkylation sites (tertiary alicyclic amines) is 1. The Balaban J connectivity index is 1.67. The van der Waals surface area contributed by atoms with Crippen molar-refractivity contribution in [3.63, 3.8) is 0 Å². The maximum atomic E-state index is 13.2. The smallest absolute Gasteiger partial charge is 0.295 e. The summed E-state index contributed by atoms with van der Waals surface area (Å²) in [4.78, 5) is 27.9. The molecule has 5 nitrogen and oxygen atoms in total. The van der Waals surface area contributed by atoms with Crippen molar-refractivity contribution < 1.29 is 19.4 Å². The number of carbonyl (C=O) groups is 2. The summed E-state index contributed by atoms with van der Waals surface area (Å²) in [5.74, 6) is -0.669. The van der Waals surface area contributed by atoms with Crippen LogP contribution in [0.5, 0.6) is 5.75 Å². The number of hydrogen-bond acceptors (Lipinski definition) is 4. The summed E-state index contributed by atoms with van der Waals surface area (Å²) in [6.45, 7) is 3.16. The Morgan fingerprint density at radius 3 is 2.20 bits per heavy atom. The van der Waals surface area contributed by atoms with Gasteiger partial charge >= 0.3 is 0 Å². The van der Waals surface area contributed by atoms with Crippen LogP contribution in [0.3, 0.4) is 0 Å². The number of unbranched alkanes of at least 4 members (excludes halogenated alkanes) is 2. The Bertz CT molecular complexity index is 1170. The summed E-state index contributed by atoms with van der Waals surface area (Å²) in [5.41, 5.74) is 2.46. The maximum absolute atomic E-state index is 13.2. The number of amides is 1. The normalized spacial score (nSPS) is 17.1. The molecule has 1 aliphatic heterocycles. The molecule has 4 rings (SSSR count). The molecule has 35 heavy (non-hydrogen) atoms. The van der Waals surface area contributed by atoms with Gasteiger partial charge in [-0.05, 0) is 36.1 Å². The van der Waals surface area contributed by atoms with E-state index in [4.69, 9.17) is 4.74 Å². The fourth-order valence-electron chi connectivity index (χ4n) is 4.39. The van der Waals surface area contributed by atoms with Gasteiger partial charge in [0.2, 0.25) is 0 Å². The van der Waals surface area contributed by atoms with E-state index in [1.54, 1.807) is 29.2 Å². The summed E-state index contributed by atoms with van der Waals surface area (Å²) in [5, 5.41) is 11.1. The largest absolute Gasteiger partial charge is 0.507 e. The van der Waals surface area contributed by atoms with Crippen molar-refractivity contribution in [2.24, 2.45) is 0 Å². The Morgan fingerprint density at radius 2 is 1.54 bits per heavy atom. The van der Waals surface area contributed by atoms with E-state index >= 15 is 0 Å². The maximum Gasteiger partial charge on any atom is 0.295 e. The van der Waals surface area contributed by atoms with Crippen molar-refractivity contribution in [3.8, 4) is 5.75 Å². The number of nitrogens with zero attached hydrogens (tertiary/aromatic N) is 1. The predicted octanol–water partition coefficient (Wildman–Crippen LogP) is 5.92. The minimum absolute atomic E-state index is 0.117. The highest BCUT2D eigenvalue weighted by Gasteiger charge is 2.45. The van der Waals surface area contributed by atoms with Crippen LogP contribution in [0.4, 0.5) is 0 Å². The van der Waals surface area contributed by atoms with Crippen LogP contribution in [0.2, 0.25) is 0 Å². The first-order valence-corrected chi connectivity index (χ1v) is 12.2. The monoisotopic (exact) mass is 469 g/mol. The van der Waals surface area contributed by atoms with Crippen molar-refractivity contribution in [1.29, 1.82) is 0 Å². The first-order chi connectivity index (χ1) is 17.1. The molecule has 180 valence electrons. The lowest BCUT2D eigenvalue weighted by Crippen LogP contribution is -2.31. The van der Waals surface area contributed by atoms with Crippen molar-refractivity contribution in [1.82, 2.24) is 4.90 Å². The van der Waals surface area contributed by atoms with E-state index in [1.165, 1.54) is 0 Å². The molecule has 0 radical (unpaired) electrons. The number of ketones is 1. The molecule has 1 N–H and O–H groups in total. The second-order valence-electron chi connectivity index (χ2n) is 8.72. The van der Waals surface area contributed by atoms with Gasteiger partial charge in [-0.2, -0.15) is 0 Å². The lowest BCUT2D eigenvalue weighted by molar-refractivity contribution is -0.139. The quantitative estimate of drug-likeness (QED) is 0.173. The van der Waals surface area contributed by atoms with Gasteiger partial charge < -0.3 is 14.7 Å². The molecule has 0 bridgehead atoms. The van der Waals surface area contributed by atoms with Crippen LogP contribution in [0, 0.1) is 0 Å². The van der Waals surface area contributed by atoms with Crippen molar-refractivity contribution in [2.45, 2.75) is 38.6 Å². The van der Waals surface area contributed by atoms with Gasteiger partial charge in [0.05, 0.1) is 18.2 Å². The van der Waals surface area contributed by atoms with Crippen LogP contribution < -0.4 is 4.74 Å². The van der Waals surface area contributed by atoms with Gasteiger partial charge in [-0.1, -0.05) is 92.6 Å². The molecule has 0 aliphatic carbocycles. The van der Waals surface area contributed by atoms with Gasteiger partial charge in [0, 0.05) is 12.1 Å². The molecule has 1 saturated heterocycles. The van der Waals surface area contributed by atoms with Gasteiger partial charge in [-0.25, -0.2) is 0 Å². The number of benzene rings is 3. The van der Waals surface area contributed by atoms with Crippen LogP contribution in [0.15, 0.2) is 90.5 Å². The summed E-state index contributed by atoms with van der Waals surface area (Å²) >= 11 is 0. The van der Waals surface area contributed by atoms with Gasteiger partial charge in [0.1, 0.15) is 11.5 Å². The van der Waals surface area contributed by atoms with Crippen LogP contribution in [-0.4, -0.2) is 34.8 Å². The fraction of sp³-hybridized carbons (Fsp3) is 0.267. The number of aliphatic hydroxyl groups excluding tert-OH is 1. The molecule has 0 aromatic heterocycles. The minimum Gasteiger partial charge on any atom is -0.507 e. The fourth-order valence-corrected chi connectivity index (χ4v) is 4.39. The molecule has 1 unspecified atom stereocenters. The van der Waals surface area contributed by atoms with Crippen LogP contribution in [0.25, 0.3) is 5.76 Å². The highest BCUT2D eigenvalue weighted by atomic mass is 16.5. The molecule has 1 aliphatic rings. The van der Waals surface area contributed by atoms with Crippen LogP contribution in [-0.2, 0) is 16.0 Å². The molecule has 1 fully saturated rings. The zero-order chi connectivity index (χ0) is 24.6. The molecule has 0 saturated carbocycles. The lowest BCUT2D eigenvalue weighted by Gasteiger charge is -2.25. The summed E-state index contributed by atoms with van der Waals surface area (Å²) in [6.07, 6.45) is 3.85. The molecule has 3 aromatic rings. The minimum atomic E-state index is -0.673. The number of Topliss-reactive ketones (excluding diaryl/α,β-unsaturated/α-hetero) is 1. The number of aliphatic hydroxyl groups is 1. The van der Waals surface area contributed by atoms with E-state index in [2.05, 4.69) is 6.92 Å². The number of carbonyl (C=O) groups excluding carboxylic acids is 2. The van der Waals surface area contributed by atoms with Crippen molar-refractivity contribution in [3.05, 3.63) is 107 Å². The lowest BCUT2D eigenvalue weighted by atomic mass is 9.95. The van der Waals surface area contributed by atoms with E-state index in [0.717, 1.165) is 36.1 Å². The number of ether oxygens (including phenoxy) is 1. The summed E-state index contributed by atoms with van der Waals surface area (Å²) < 4.78 is 5.83. The third-order valence-corrected chi connectivity index (χ3v) is 6.28. The average Bonchev–Trinajstić information content (AvgIpc) is 3.16. The third kappa shape index (κ3) is 5.62. The zero-order valence-corrected chi connectivity index (χ0v) is 20.0. The zero-order valence-electron chi connectivity index (χ0n) is 20.0. The SMILES string of the molecule is CCCCCOc1ccc(C2C(=C(O)c3ccccc3)C(=O)C(=O)N2CCc2ccccc2)cc1. The molecule has 1 heterocycles. The van der Waals surface area contributed by atoms with Crippen molar-refractivity contribution >= 4 is 17.4 Å². The Hall–Kier alpha value is -3.86. The summed E-state index contributed by atoms with van der Waals surface area (Å²) in [7, 11) is 0. The van der Waals surface area contributed by atoms with Crippen LogP contribution >= 0.6 is 0 Å². The molecule has 0 spiro atoms. The molecule has 5 heteroatoms. The first-order valence-electron chi connectivity index (χ1n) is 12.2. The standard InChI is InChI=1S/C30H31NO4/c1-2-3-10-21-35-25-17-15-23(16-18-25)27-26(28(32)24-13-8-5-9-14-24)29(33)30(34)31(27)20-19-22-11-6-4-7-12-22/h4-9,11-18,27,32H,2-3,10,19-21H2,1H3. The summed E-state index contributed by atoms with van der Waals surface area (Å²) in [6, 6.07) is 25.5. The third-order valence-electron chi connectivity index (χ3n) is 6.28. The number of hydrogen-bond donors (Lipinski definition) is 1. The molecular formula is C30H31NO4. The molecule has 1 amide bonds. The molecular weight excluding hydrogens is 438 g/mol. The highest BCUT2D eigenvalue weighted by molar-refractivity contribution is 6.46. The number of rotatable bonds is 10. The topological polar surface area (TPSA) is 66.8 Å². The van der Waals surface area contributed by atoms with E-state index < -0.39 is 17.7 Å². The van der Waals surface area contributed by atoms with E-state index in [0.29, 0.717) is 25.1 Å². The second-order valence-corrected chi connectivity index (χ2v) is 8.72. The van der Waals surface area contributed by atoms with Gasteiger partial charge in [-0.3, -0.25) is 9.59 Å². The Labute approximate surface area is 206 Å². The Kier molecular flexibility index (Phi) is 7.99.